The molecule has 2 heteroatoms. The highest BCUT2D eigenvalue weighted by molar-refractivity contribution is 4.73. The molecule has 0 radical (unpaired) electrons. The summed E-state index contributed by atoms with van der Waals surface area (Å²) in [6.45, 7) is 6.22. The van der Waals surface area contributed by atoms with Crippen molar-refractivity contribution in [1.29, 1.82) is 0 Å². The Morgan fingerprint density at radius 2 is 1.80 bits per heavy atom. The molecule has 0 heterocycles. The number of aliphatic hydroxyl groups excluding tert-OH is 1. The first-order valence-electron chi connectivity index (χ1n) is 3.76. The minimum absolute atomic E-state index is 0.00347. The van der Waals surface area contributed by atoms with Crippen LogP contribution < -0.4 is 0 Å². The van der Waals surface area contributed by atoms with Crippen LogP contribution in [0.3, 0.4) is 0 Å². The van der Waals surface area contributed by atoms with Crippen LogP contribution in [0.15, 0.2) is 0 Å². The number of hydrogen-bond donors (Lipinski definition) is 1. The summed E-state index contributed by atoms with van der Waals surface area (Å²) in [6, 6.07) is 0. The first-order valence-corrected chi connectivity index (χ1v) is 3.76. The Morgan fingerprint density at radius 1 is 1.40 bits per heavy atom. The predicted molar refractivity (Wildman–Crippen MR) is 43.8 cm³/mol. The Hall–Kier alpha value is -0.0800. The zero-order valence-electron chi connectivity index (χ0n) is 7.68. The van der Waals surface area contributed by atoms with Crippen LogP contribution in [0.1, 0.15) is 27.2 Å². The van der Waals surface area contributed by atoms with E-state index < -0.39 is 0 Å². The minimum Gasteiger partial charge on any atom is -0.378 e. The summed E-state index contributed by atoms with van der Waals surface area (Å²) in [7, 11) is 3.78. The second-order valence-corrected chi connectivity index (χ2v) is 3.68. The molecule has 0 aromatic heterocycles. The molecule has 1 N–H and O–H groups in total. The van der Waals surface area contributed by atoms with Gasteiger partial charge in [0.25, 0.3) is 0 Å². The second-order valence-electron chi connectivity index (χ2n) is 3.68. The standard InChI is InChI=1S/C8H19NO/c1-6-8(2,3)7(10)9(4)5/h7,10H,6H2,1-5H3. The third-order valence-corrected chi connectivity index (χ3v) is 2.10. The first kappa shape index (κ1) is 9.92. The van der Waals surface area contributed by atoms with E-state index in [4.69, 9.17) is 0 Å². The minimum atomic E-state index is -0.336. The number of rotatable bonds is 3. The zero-order valence-corrected chi connectivity index (χ0v) is 7.68. The van der Waals surface area contributed by atoms with Crippen LogP contribution in [0.25, 0.3) is 0 Å². The molecule has 0 aliphatic heterocycles. The lowest BCUT2D eigenvalue weighted by atomic mass is 9.88. The monoisotopic (exact) mass is 145 g/mol. The lowest BCUT2D eigenvalue weighted by Crippen LogP contribution is -2.40. The SMILES string of the molecule is CCC(C)(C)C(O)N(C)C. The van der Waals surface area contributed by atoms with Gasteiger partial charge in [0.05, 0.1) is 0 Å². The van der Waals surface area contributed by atoms with Gasteiger partial charge in [-0.2, -0.15) is 0 Å². The van der Waals surface area contributed by atoms with Gasteiger partial charge in [-0.3, -0.25) is 4.90 Å². The molecule has 0 spiro atoms. The van der Waals surface area contributed by atoms with Gasteiger partial charge in [0.15, 0.2) is 0 Å². The van der Waals surface area contributed by atoms with E-state index in [1.54, 1.807) is 0 Å². The highest BCUT2D eigenvalue weighted by Crippen LogP contribution is 2.25. The van der Waals surface area contributed by atoms with Crippen molar-refractivity contribution in [3.8, 4) is 0 Å². The number of nitrogens with zero attached hydrogens (tertiary/aromatic N) is 1. The van der Waals surface area contributed by atoms with Gasteiger partial charge in [-0.1, -0.05) is 20.8 Å². The molecule has 0 aromatic carbocycles. The molecule has 0 fully saturated rings. The average molecular weight is 145 g/mol. The van der Waals surface area contributed by atoms with Crippen molar-refractivity contribution in [2.45, 2.75) is 33.4 Å². The highest BCUT2D eigenvalue weighted by atomic mass is 16.3. The van der Waals surface area contributed by atoms with Crippen LogP contribution in [0, 0.1) is 5.41 Å². The van der Waals surface area contributed by atoms with E-state index in [9.17, 15) is 5.11 Å². The quantitative estimate of drug-likeness (QED) is 0.605. The summed E-state index contributed by atoms with van der Waals surface area (Å²) < 4.78 is 0. The third-order valence-electron chi connectivity index (χ3n) is 2.10. The van der Waals surface area contributed by atoms with Crippen molar-refractivity contribution in [2.24, 2.45) is 5.41 Å². The van der Waals surface area contributed by atoms with Gasteiger partial charge in [0.1, 0.15) is 6.23 Å². The Kier molecular flexibility index (Phi) is 3.33. The van der Waals surface area contributed by atoms with Gasteiger partial charge < -0.3 is 5.11 Å². The van der Waals surface area contributed by atoms with E-state index in [1.807, 2.05) is 19.0 Å². The van der Waals surface area contributed by atoms with Crippen molar-refractivity contribution in [3.05, 3.63) is 0 Å². The Labute approximate surface area is 63.8 Å². The molecule has 0 rings (SSSR count). The normalized spacial score (nSPS) is 15.9. The fourth-order valence-electron chi connectivity index (χ4n) is 0.882. The first-order chi connectivity index (χ1) is 4.41. The van der Waals surface area contributed by atoms with Crippen LogP contribution in [-0.4, -0.2) is 30.3 Å². The molecule has 0 saturated carbocycles. The molecule has 0 aromatic rings. The molecule has 2 nitrogen and oxygen atoms in total. The van der Waals surface area contributed by atoms with Gasteiger partial charge in [0.2, 0.25) is 0 Å². The Morgan fingerprint density at radius 3 is 1.90 bits per heavy atom. The molecule has 1 unspecified atom stereocenters. The molecule has 0 saturated heterocycles. The van der Waals surface area contributed by atoms with Gasteiger partial charge in [0, 0.05) is 5.41 Å². The van der Waals surface area contributed by atoms with Crippen molar-refractivity contribution in [1.82, 2.24) is 4.90 Å². The van der Waals surface area contributed by atoms with Crippen molar-refractivity contribution < 1.29 is 5.11 Å². The maximum Gasteiger partial charge on any atom is 0.112 e. The molecular weight excluding hydrogens is 126 g/mol. The van der Waals surface area contributed by atoms with Gasteiger partial charge >= 0.3 is 0 Å². The van der Waals surface area contributed by atoms with E-state index in [0.717, 1.165) is 6.42 Å². The summed E-state index contributed by atoms with van der Waals surface area (Å²) >= 11 is 0. The molecule has 0 amide bonds. The molecular formula is C8H19NO. The van der Waals surface area contributed by atoms with E-state index in [-0.39, 0.29) is 11.6 Å². The molecule has 62 valence electrons. The van der Waals surface area contributed by atoms with Crippen LogP contribution >= 0.6 is 0 Å². The van der Waals surface area contributed by atoms with Crippen molar-refractivity contribution >= 4 is 0 Å². The smallest absolute Gasteiger partial charge is 0.112 e. The Bertz CT molecular complexity index is 99.4. The maximum absolute atomic E-state index is 9.58. The van der Waals surface area contributed by atoms with Crippen LogP contribution in [0.4, 0.5) is 0 Å². The van der Waals surface area contributed by atoms with Crippen molar-refractivity contribution in [2.75, 3.05) is 14.1 Å². The van der Waals surface area contributed by atoms with Gasteiger partial charge in [-0.05, 0) is 20.5 Å². The van der Waals surface area contributed by atoms with E-state index >= 15 is 0 Å². The van der Waals surface area contributed by atoms with Crippen LogP contribution in [0.5, 0.6) is 0 Å². The summed E-state index contributed by atoms with van der Waals surface area (Å²) in [5.41, 5.74) is 0.00347. The van der Waals surface area contributed by atoms with E-state index in [1.165, 1.54) is 0 Å². The molecule has 10 heavy (non-hydrogen) atoms. The fourth-order valence-corrected chi connectivity index (χ4v) is 0.882. The molecule has 1 atom stereocenters. The predicted octanol–water partition coefficient (Wildman–Crippen LogP) is 1.30. The summed E-state index contributed by atoms with van der Waals surface area (Å²) in [5, 5.41) is 9.58. The summed E-state index contributed by atoms with van der Waals surface area (Å²) in [5.74, 6) is 0. The highest BCUT2D eigenvalue weighted by Gasteiger charge is 2.26. The van der Waals surface area contributed by atoms with E-state index in [0.29, 0.717) is 0 Å². The fraction of sp³-hybridized carbons (Fsp3) is 1.00. The third kappa shape index (κ3) is 2.27. The largest absolute Gasteiger partial charge is 0.378 e. The number of hydrogen-bond acceptors (Lipinski definition) is 2. The lowest BCUT2D eigenvalue weighted by molar-refractivity contribution is -0.0544. The molecule has 0 aliphatic carbocycles. The maximum atomic E-state index is 9.58. The van der Waals surface area contributed by atoms with Gasteiger partial charge in [-0.15, -0.1) is 0 Å². The molecule has 0 bridgehead atoms. The van der Waals surface area contributed by atoms with E-state index in [2.05, 4.69) is 20.8 Å². The van der Waals surface area contributed by atoms with Crippen LogP contribution in [0.2, 0.25) is 0 Å². The van der Waals surface area contributed by atoms with Gasteiger partial charge in [-0.25, -0.2) is 0 Å². The summed E-state index contributed by atoms with van der Waals surface area (Å²) in [6.07, 6.45) is 0.657. The second kappa shape index (κ2) is 3.35. The van der Waals surface area contributed by atoms with Crippen LogP contribution in [-0.2, 0) is 0 Å². The average Bonchev–Trinajstić information content (AvgIpc) is 1.86. The summed E-state index contributed by atoms with van der Waals surface area (Å²) in [4.78, 5) is 1.84. The Balaban J connectivity index is 4.03. The zero-order chi connectivity index (χ0) is 8.36. The topological polar surface area (TPSA) is 23.5 Å². The van der Waals surface area contributed by atoms with Crippen molar-refractivity contribution in [3.63, 3.8) is 0 Å². The number of aliphatic hydroxyl groups is 1. The lowest BCUT2D eigenvalue weighted by Gasteiger charge is -2.33. The molecule has 0 aliphatic rings.